The van der Waals surface area contributed by atoms with E-state index in [1.165, 1.54) is 9.80 Å². The van der Waals surface area contributed by atoms with Crippen LogP contribution in [0.4, 0.5) is 11.4 Å². The highest BCUT2D eigenvalue weighted by atomic mass is 79.9. The zero-order valence-corrected chi connectivity index (χ0v) is 26.3. The largest absolute Gasteiger partial charge is 0.463 e. The van der Waals surface area contributed by atoms with Gasteiger partial charge < -0.3 is 4.74 Å². The van der Waals surface area contributed by atoms with Gasteiger partial charge in [0.25, 0.3) is 0 Å². The van der Waals surface area contributed by atoms with Crippen LogP contribution in [-0.4, -0.2) is 40.5 Å². The number of carbonyl (C=O) groups is 5. The molecule has 0 aromatic heterocycles. The molecule has 0 N–H and O–H groups in total. The van der Waals surface area contributed by atoms with Crippen LogP contribution in [0.15, 0.2) is 47.5 Å². The number of hydrogen-bond donors (Lipinski definition) is 0. The van der Waals surface area contributed by atoms with E-state index >= 15 is 0 Å². The van der Waals surface area contributed by atoms with Crippen molar-refractivity contribution in [3.63, 3.8) is 0 Å². The number of benzene rings is 2. The first-order valence-electron chi connectivity index (χ1n) is 14.2. The molecule has 2 saturated heterocycles. The van der Waals surface area contributed by atoms with E-state index in [0.717, 1.165) is 22.3 Å². The summed E-state index contributed by atoms with van der Waals surface area (Å²) in [5.41, 5.74) is 3.56. The van der Waals surface area contributed by atoms with Crippen molar-refractivity contribution in [2.75, 3.05) is 16.4 Å². The third kappa shape index (κ3) is 3.31. The summed E-state index contributed by atoms with van der Waals surface area (Å²) in [6.07, 6.45) is 0. The van der Waals surface area contributed by atoms with Crippen LogP contribution in [0.2, 0.25) is 0 Å². The molecular weight excluding hydrogens is 600 g/mol. The van der Waals surface area contributed by atoms with Crippen molar-refractivity contribution in [3.05, 3.63) is 69.8 Å². The van der Waals surface area contributed by atoms with Crippen molar-refractivity contribution in [1.82, 2.24) is 0 Å². The number of esters is 1. The SMILES string of the molecule is CCOC(=O)C1=C(C)C2(Br)[C@@H]3C(=O)N(c4ccc(C)cc4C)C(=O)[C@@H]3C1(C)[C@H]1C(=O)N(c3ccc(C)cc3C)C(=O)[C@H]12. The van der Waals surface area contributed by atoms with Gasteiger partial charge in [0.2, 0.25) is 23.6 Å². The molecule has 42 heavy (non-hydrogen) atoms. The molecule has 8 nitrogen and oxygen atoms in total. The van der Waals surface area contributed by atoms with E-state index in [2.05, 4.69) is 15.9 Å². The monoisotopic (exact) mass is 632 g/mol. The molecule has 7 rings (SSSR count). The number of anilines is 2. The van der Waals surface area contributed by atoms with Crippen LogP contribution in [0, 0.1) is 56.8 Å². The van der Waals surface area contributed by atoms with Gasteiger partial charge in [0.1, 0.15) is 0 Å². The summed E-state index contributed by atoms with van der Waals surface area (Å²) in [7, 11) is 0. The maximum Gasteiger partial charge on any atom is 0.334 e. The molecule has 0 spiro atoms. The number of aryl methyl sites for hydroxylation is 4. The molecule has 2 bridgehead atoms. The van der Waals surface area contributed by atoms with E-state index in [1.807, 2.05) is 52.0 Å². The summed E-state index contributed by atoms with van der Waals surface area (Å²) < 4.78 is 4.03. The first kappa shape index (κ1) is 28.5. The Bertz CT molecular complexity index is 1580. The Kier molecular flexibility index (Phi) is 6.25. The Morgan fingerprint density at radius 2 is 1.17 bits per heavy atom. The molecule has 2 aromatic rings. The van der Waals surface area contributed by atoms with Crippen LogP contribution in [0.3, 0.4) is 0 Å². The van der Waals surface area contributed by atoms with E-state index in [9.17, 15) is 24.0 Å². The summed E-state index contributed by atoms with van der Waals surface area (Å²) >= 11 is 3.83. The van der Waals surface area contributed by atoms with Gasteiger partial charge in [0.05, 0.1) is 46.0 Å². The van der Waals surface area contributed by atoms with E-state index in [4.69, 9.17) is 4.74 Å². The molecule has 1 saturated carbocycles. The van der Waals surface area contributed by atoms with Crippen molar-refractivity contribution in [1.29, 1.82) is 0 Å². The van der Waals surface area contributed by atoms with Crippen LogP contribution in [0.25, 0.3) is 0 Å². The number of ether oxygens (including phenoxy) is 1. The van der Waals surface area contributed by atoms with Gasteiger partial charge in [-0.1, -0.05) is 58.2 Å². The Hall–Kier alpha value is -3.59. The van der Waals surface area contributed by atoms with Crippen LogP contribution >= 0.6 is 15.9 Å². The smallest absolute Gasteiger partial charge is 0.334 e. The number of amides is 4. The fourth-order valence-electron chi connectivity index (χ4n) is 8.32. The maximum absolute atomic E-state index is 14.5. The first-order valence-corrected chi connectivity index (χ1v) is 15.0. The fraction of sp³-hybridized carbons (Fsp3) is 0.424. The zero-order valence-electron chi connectivity index (χ0n) is 24.7. The molecular formula is C33H33BrN2O6. The quantitative estimate of drug-likeness (QED) is 0.271. The maximum atomic E-state index is 14.5. The Labute approximate surface area is 253 Å². The van der Waals surface area contributed by atoms with Gasteiger partial charge in [-0.25, -0.2) is 14.6 Å². The highest BCUT2D eigenvalue weighted by Crippen LogP contribution is 2.72. The molecule has 3 fully saturated rings. The third-order valence-corrected chi connectivity index (χ3v) is 11.5. The van der Waals surface area contributed by atoms with Gasteiger partial charge in [-0.3, -0.25) is 19.2 Å². The number of allylic oxidation sites excluding steroid dienone is 1. The Morgan fingerprint density at radius 1 is 0.762 bits per heavy atom. The molecule has 218 valence electrons. The lowest BCUT2D eigenvalue weighted by atomic mass is 9.43. The molecule has 0 unspecified atom stereocenters. The predicted molar refractivity (Wildman–Crippen MR) is 160 cm³/mol. The predicted octanol–water partition coefficient (Wildman–Crippen LogP) is 4.88. The first-order chi connectivity index (χ1) is 19.7. The normalized spacial score (nSPS) is 31.7. The van der Waals surface area contributed by atoms with Crippen LogP contribution in [0.1, 0.15) is 43.0 Å². The number of carbonyl (C=O) groups excluding carboxylic acids is 5. The number of nitrogens with zero attached hydrogens (tertiary/aromatic N) is 2. The summed E-state index contributed by atoms with van der Waals surface area (Å²) in [6, 6.07) is 11.0. The summed E-state index contributed by atoms with van der Waals surface area (Å²) in [5.74, 6) is -6.67. The number of imide groups is 2. The van der Waals surface area contributed by atoms with E-state index in [0.29, 0.717) is 16.9 Å². The van der Waals surface area contributed by atoms with Gasteiger partial charge in [-0.15, -0.1) is 0 Å². The van der Waals surface area contributed by atoms with Gasteiger partial charge in [0, 0.05) is 11.0 Å². The minimum absolute atomic E-state index is 0.0896. The number of rotatable bonds is 4. The van der Waals surface area contributed by atoms with Crippen molar-refractivity contribution in [2.24, 2.45) is 29.1 Å². The van der Waals surface area contributed by atoms with Gasteiger partial charge in [-0.05, 0) is 70.4 Å². The molecule has 3 aliphatic carbocycles. The second-order valence-corrected chi connectivity index (χ2v) is 13.6. The highest BCUT2D eigenvalue weighted by molar-refractivity contribution is 9.10. The average Bonchev–Trinajstić information content (AvgIpc) is 3.34. The van der Waals surface area contributed by atoms with E-state index < -0.39 is 63.0 Å². The number of halogens is 1. The molecule has 5 aliphatic rings. The lowest BCUT2D eigenvalue weighted by Crippen LogP contribution is -2.67. The minimum Gasteiger partial charge on any atom is -0.463 e. The minimum atomic E-state index is -1.47. The van der Waals surface area contributed by atoms with Gasteiger partial charge >= 0.3 is 5.97 Å². The number of hydrogen-bond acceptors (Lipinski definition) is 6. The lowest BCUT2D eigenvalue weighted by Gasteiger charge is -2.59. The topological polar surface area (TPSA) is 101 Å². The molecule has 4 atom stereocenters. The molecule has 9 heteroatoms. The van der Waals surface area contributed by atoms with Gasteiger partial charge in [-0.2, -0.15) is 0 Å². The average molecular weight is 634 g/mol. The van der Waals surface area contributed by atoms with Crippen molar-refractivity contribution < 1.29 is 28.7 Å². The van der Waals surface area contributed by atoms with Crippen LogP contribution in [0.5, 0.6) is 0 Å². The molecule has 2 aliphatic heterocycles. The Balaban J connectivity index is 1.60. The van der Waals surface area contributed by atoms with Crippen molar-refractivity contribution in [2.45, 2.75) is 52.8 Å². The van der Waals surface area contributed by atoms with Crippen molar-refractivity contribution in [3.8, 4) is 0 Å². The third-order valence-electron chi connectivity index (χ3n) is 9.96. The van der Waals surface area contributed by atoms with E-state index in [-0.39, 0.29) is 12.2 Å². The molecule has 2 aromatic carbocycles. The molecule has 2 heterocycles. The highest BCUT2D eigenvalue weighted by Gasteiger charge is 2.81. The summed E-state index contributed by atoms with van der Waals surface area (Å²) in [5, 5.41) is 0. The summed E-state index contributed by atoms with van der Waals surface area (Å²) in [4.78, 5) is 73.8. The second-order valence-electron chi connectivity index (χ2n) is 12.3. The molecule has 0 radical (unpaired) electrons. The lowest BCUT2D eigenvalue weighted by molar-refractivity contribution is -0.152. The Morgan fingerprint density at radius 3 is 1.55 bits per heavy atom. The van der Waals surface area contributed by atoms with Crippen LogP contribution in [-0.2, 0) is 28.7 Å². The second kappa shape index (κ2) is 9.20. The number of alkyl halides is 1. The van der Waals surface area contributed by atoms with Crippen molar-refractivity contribution >= 4 is 56.9 Å². The van der Waals surface area contributed by atoms with Gasteiger partial charge in [0.15, 0.2) is 0 Å². The standard InChI is InChI=1S/C33H33BrN2O6/c1-8-42-31(41)22-19(6)33(34)25-23(27(37)35(29(25)39)20-11-9-15(2)13-17(20)4)32(22,7)24-26(33)30(40)36(28(24)38)21-12-10-16(3)14-18(21)5/h9-14,23-26H,8H2,1-7H3/t23-,24-,25+,26+,32?,33?/m1/s1. The zero-order chi connectivity index (χ0) is 30.6. The molecule has 4 amide bonds. The van der Waals surface area contributed by atoms with E-state index in [1.54, 1.807) is 32.9 Å². The van der Waals surface area contributed by atoms with Crippen LogP contribution < -0.4 is 9.80 Å². The fourth-order valence-corrected chi connectivity index (χ4v) is 9.44. The summed E-state index contributed by atoms with van der Waals surface area (Å²) in [6.45, 7) is 12.7.